The Kier molecular flexibility index (Phi) is 6.99. The number of nitrogens with one attached hydrogen (secondary N) is 3. The molecule has 2 heterocycles. The van der Waals surface area contributed by atoms with E-state index in [9.17, 15) is 22.8 Å². The van der Waals surface area contributed by atoms with Crippen molar-refractivity contribution in [1.82, 2.24) is 20.4 Å². The molecule has 0 spiro atoms. The van der Waals surface area contributed by atoms with E-state index in [0.717, 1.165) is 18.3 Å². The van der Waals surface area contributed by atoms with Gasteiger partial charge in [0, 0.05) is 23.9 Å². The van der Waals surface area contributed by atoms with Crippen molar-refractivity contribution in [2.75, 3.05) is 5.32 Å². The first kappa shape index (κ1) is 24.0. The Bertz CT molecular complexity index is 1220. The van der Waals surface area contributed by atoms with E-state index in [2.05, 4.69) is 25.5 Å². The second kappa shape index (κ2) is 9.89. The molecule has 2 aromatic heterocycles. The number of nitrogens with two attached hydrogens (primary N) is 1. The second-order valence-electron chi connectivity index (χ2n) is 6.79. The van der Waals surface area contributed by atoms with Crippen LogP contribution in [0.2, 0.25) is 0 Å². The van der Waals surface area contributed by atoms with Crippen LogP contribution >= 0.6 is 0 Å². The lowest BCUT2D eigenvalue weighted by Crippen LogP contribution is -2.33. The SMILES string of the molecule is C[C@H](Nc1cc(C(=O)NN=N)nc(-c2ccc(Oc3cc(C(F)(F)F)ccn3)cc2)n1)C(N)=O. The minimum Gasteiger partial charge on any atom is -0.439 e. The van der Waals surface area contributed by atoms with Gasteiger partial charge < -0.3 is 15.8 Å². The zero-order chi connectivity index (χ0) is 24.9. The number of ether oxygens (including phenoxy) is 1. The van der Waals surface area contributed by atoms with Gasteiger partial charge in [0.25, 0.3) is 5.91 Å². The number of hydrogen-bond donors (Lipinski definition) is 4. The van der Waals surface area contributed by atoms with Crippen LogP contribution in [0.25, 0.3) is 11.4 Å². The lowest BCUT2D eigenvalue weighted by atomic mass is 10.2. The minimum atomic E-state index is -4.54. The number of aromatic nitrogens is 3. The largest absolute Gasteiger partial charge is 0.439 e. The fourth-order valence-corrected chi connectivity index (χ4v) is 2.60. The standard InChI is InChI=1S/C20H17F3N8O3/c1-10(17(24)32)27-15-9-14(19(33)30-31-25)28-18(29-15)11-2-4-13(5-3-11)34-16-8-12(6-7-26-16)20(21,22)23/h2-10H,1H3,(H2,24,32)(H2,25,30,33)(H,27,28,29)/t10-/m0/s1. The zero-order valence-corrected chi connectivity index (χ0v) is 17.4. The Morgan fingerprint density at radius 3 is 2.47 bits per heavy atom. The van der Waals surface area contributed by atoms with E-state index >= 15 is 0 Å². The van der Waals surface area contributed by atoms with Crippen molar-refractivity contribution < 1.29 is 27.5 Å². The number of benzene rings is 1. The smallest absolute Gasteiger partial charge is 0.416 e. The number of pyridine rings is 1. The average molecular weight is 474 g/mol. The lowest BCUT2D eigenvalue weighted by Gasteiger charge is -2.13. The van der Waals surface area contributed by atoms with Crippen LogP contribution in [0.1, 0.15) is 23.0 Å². The molecule has 3 rings (SSSR count). The average Bonchev–Trinajstić information content (AvgIpc) is 2.79. The summed E-state index contributed by atoms with van der Waals surface area (Å²) in [6.07, 6.45) is -3.55. The predicted octanol–water partition coefficient (Wildman–Crippen LogP) is 3.31. The highest BCUT2D eigenvalue weighted by Crippen LogP contribution is 2.32. The van der Waals surface area contributed by atoms with Gasteiger partial charge in [-0.05, 0) is 37.3 Å². The zero-order valence-electron chi connectivity index (χ0n) is 17.4. The molecule has 0 aliphatic carbocycles. The van der Waals surface area contributed by atoms with Crippen LogP contribution in [0.15, 0.2) is 53.9 Å². The molecule has 2 amide bonds. The van der Waals surface area contributed by atoms with Crippen LogP contribution in [0, 0.1) is 5.53 Å². The molecule has 0 saturated carbocycles. The third-order valence-corrected chi connectivity index (χ3v) is 4.30. The first-order chi connectivity index (χ1) is 16.1. The molecule has 5 N–H and O–H groups in total. The summed E-state index contributed by atoms with van der Waals surface area (Å²) < 4.78 is 44.0. The van der Waals surface area contributed by atoms with Crippen molar-refractivity contribution >= 4 is 17.6 Å². The minimum absolute atomic E-state index is 0.0699. The molecule has 0 radical (unpaired) electrons. The number of halogens is 3. The fourth-order valence-electron chi connectivity index (χ4n) is 2.60. The quantitative estimate of drug-likeness (QED) is 0.287. The molecule has 3 aromatic rings. The van der Waals surface area contributed by atoms with Crippen molar-refractivity contribution in [1.29, 1.82) is 5.53 Å². The van der Waals surface area contributed by atoms with Crippen molar-refractivity contribution in [2.24, 2.45) is 11.0 Å². The van der Waals surface area contributed by atoms with Crippen LogP contribution in [0.4, 0.5) is 19.0 Å². The summed E-state index contributed by atoms with van der Waals surface area (Å²) in [5, 5.41) is 5.55. The summed E-state index contributed by atoms with van der Waals surface area (Å²) >= 11 is 0. The van der Waals surface area contributed by atoms with Crippen molar-refractivity contribution in [3.05, 3.63) is 59.9 Å². The topological polar surface area (TPSA) is 168 Å². The maximum Gasteiger partial charge on any atom is 0.416 e. The van der Waals surface area contributed by atoms with E-state index < -0.39 is 29.6 Å². The summed E-state index contributed by atoms with van der Waals surface area (Å²) in [7, 11) is 0. The summed E-state index contributed by atoms with van der Waals surface area (Å²) in [6.45, 7) is 1.50. The molecule has 0 saturated heterocycles. The van der Waals surface area contributed by atoms with Gasteiger partial charge in [-0.1, -0.05) is 5.22 Å². The third kappa shape index (κ3) is 5.99. The number of rotatable bonds is 8. The van der Waals surface area contributed by atoms with Crippen LogP contribution in [0.5, 0.6) is 11.6 Å². The number of anilines is 1. The molecular formula is C20H17F3N8O3. The first-order valence-corrected chi connectivity index (χ1v) is 9.50. The highest BCUT2D eigenvalue weighted by Gasteiger charge is 2.31. The molecule has 0 fully saturated rings. The van der Waals surface area contributed by atoms with Gasteiger partial charge in [-0.3, -0.25) is 9.59 Å². The molecule has 176 valence electrons. The molecule has 0 bridgehead atoms. The van der Waals surface area contributed by atoms with Crippen molar-refractivity contribution in [3.8, 4) is 23.0 Å². The van der Waals surface area contributed by atoms with E-state index in [-0.39, 0.29) is 29.0 Å². The van der Waals surface area contributed by atoms with E-state index in [4.69, 9.17) is 16.0 Å². The number of carbonyl (C=O) groups excluding carboxylic acids is 2. The fraction of sp³-hybridized carbons (Fsp3) is 0.150. The van der Waals surface area contributed by atoms with Crippen LogP contribution in [-0.2, 0) is 11.0 Å². The molecule has 11 nitrogen and oxygen atoms in total. The van der Waals surface area contributed by atoms with E-state index in [1.807, 2.05) is 5.43 Å². The summed E-state index contributed by atoms with van der Waals surface area (Å²) in [6, 6.07) is 7.96. The van der Waals surface area contributed by atoms with Crippen molar-refractivity contribution in [2.45, 2.75) is 19.1 Å². The van der Waals surface area contributed by atoms with Gasteiger partial charge in [0.05, 0.1) is 5.56 Å². The second-order valence-corrected chi connectivity index (χ2v) is 6.79. The molecule has 0 unspecified atom stereocenters. The van der Waals surface area contributed by atoms with Crippen LogP contribution < -0.4 is 21.2 Å². The summed E-state index contributed by atoms with van der Waals surface area (Å²) in [5.74, 6) is -1.32. The van der Waals surface area contributed by atoms with Gasteiger partial charge in [0.1, 0.15) is 23.3 Å². The molecule has 34 heavy (non-hydrogen) atoms. The Labute approximate surface area is 190 Å². The van der Waals surface area contributed by atoms with E-state index in [0.29, 0.717) is 5.56 Å². The maximum atomic E-state index is 12.9. The van der Waals surface area contributed by atoms with Gasteiger partial charge in [0.2, 0.25) is 11.8 Å². The number of hydrogen-bond acceptors (Lipinski definition) is 9. The number of nitrogens with zero attached hydrogens (tertiary/aromatic N) is 4. The number of carbonyl (C=O) groups is 2. The normalized spacial score (nSPS) is 11.9. The predicted molar refractivity (Wildman–Crippen MR) is 112 cm³/mol. The van der Waals surface area contributed by atoms with Gasteiger partial charge in [0.15, 0.2) is 5.82 Å². The van der Waals surface area contributed by atoms with Gasteiger partial charge in [-0.25, -0.2) is 20.4 Å². The molecular weight excluding hydrogens is 457 g/mol. The Morgan fingerprint density at radius 1 is 1.15 bits per heavy atom. The number of alkyl halides is 3. The Hall–Kier alpha value is -4.62. The Morgan fingerprint density at radius 2 is 1.85 bits per heavy atom. The molecule has 1 atom stereocenters. The highest BCUT2D eigenvalue weighted by atomic mass is 19.4. The summed E-state index contributed by atoms with van der Waals surface area (Å²) in [5.41, 5.74) is 13.3. The van der Waals surface area contributed by atoms with Gasteiger partial charge >= 0.3 is 6.18 Å². The van der Waals surface area contributed by atoms with E-state index in [1.54, 1.807) is 0 Å². The lowest BCUT2D eigenvalue weighted by molar-refractivity contribution is -0.137. The number of primary amides is 1. The van der Waals surface area contributed by atoms with Crippen LogP contribution in [-0.4, -0.2) is 32.8 Å². The molecule has 0 aliphatic rings. The van der Waals surface area contributed by atoms with Crippen molar-refractivity contribution in [3.63, 3.8) is 0 Å². The highest BCUT2D eigenvalue weighted by molar-refractivity contribution is 5.93. The Balaban J connectivity index is 1.89. The van der Waals surface area contributed by atoms with Crippen LogP contribution in [0.3, 0.4) is 0 Å². The van der Waals surface area contributed by atoms with Gasteiger partial charge in [-0.15, -0.1) is 0 Å². The molecule has 1 aromatic carbocycles. The first-order valence-electron chi connectivity index (χ1n) is 9.50. The van der Waals surface area contributed by atoms with Gasteiger partial charge in [-0.2, -0.15) is 18.7 Å². The molecule has 0 aliphatic heterocycles. The summed E-state index contributed by atoms with van der Waals surface area (Å²) in [4.78, 5) is 35.6. The third-order valence-electron chi connectivity index (χ3n) is 4.30. The number of amides is 2. The monoisotopic (exact) mass is 474 g/mol. The van der Waals surface area contributed by atoms with E-state index in [1.165, 1.54) is 37.3 Å². The molecule has 14 heteroatoms. The maximum absolute atomic E-state index is 12.9.